The summed E-state index contributed by atoms with van der Waals surface area (Å²) in [6, 6.07) is 5.75. The lowest BCUT2D eigenvalue weighted by Crippen LogP contribution is -2.04. The first kappa shape index (κ1) is 14.7. The van der Waals surface area contributed by atoms with Gasteiger partial charge < -0.3 is 9.84 Å². The van der Waals surface area contributed by atoms with Gasteiger partial charge in [-0.25, -0.2) is 9.78 Å². The second kappa shape index (κ2) is 5.76. The van der Waals surface area contributed by atoms with Crippen LogP contribution in [0.15, 0.2) is 30.5 Å². The van der Waals surface area contributed by atoms with Gasteiger partial charge >= 0.3 is 5.97 Å². The van der Waals surface area contributed by atoms with E-state index in [1.54, 1.807) is 19.1 Å². The van der Waals surface area contributed by atoms with E-state index in [-0.39, 0.29) is 5.88 Å². The van der Waals surface area contributed by atoms with Crippen LogP contribution in [0.4, 0.5) is 5.69 Å². The Morgan fingerprint density at radius 2 is 2.14 bits per heavy atom. The van der Waals surface area contributed by atoms with Crippen LogP contribution in [0.25, 0.3) is 0 Å². The minimum atomic E-state index is -1.37. The first-order chi connectivity index (χ1) is 9.88. The number of aryl methyl sites for hydroxylation is 1. The number of pyridine rings is 1. The molecule has 0 bridgehead atoms. The van der Waals surface area contributed by atoms with Crippen LogP contribution in [-0.2, 0) is 0 Å². The third kappa shape index (κ3) is 3.26. The molecular weight excluding hydrogens is 300 g/mol. The van der Waals surface area contributed by atoms with Gasteiger partial charge in [0, 0.05) is 11.1 Å². The predicted molar refractivity (Wildman–Crippen MR) is 74.1 cm³/mol. The van der Waals surface area contributed by atoms with E-state index in [0.29, 0.717) is 10.8 Å². The Balaban J connectivity index is 2.46. The molecule has 7 nitrogen and oxygen atoms in total. The zero-order chi connectivity index (χ0) is 15.6. The van der Waals surface area contributed by atoms with Crippen molar-refractivity contribution in [2.75, 3.05) is 0 Å². The van der Waals surface area contributed by atoms with E-state index in [1.807, 2.05) is 0 Å². The lowest BCUT2D eigenvalue weighted by atomic mass is 10.2. The van der Waals surface area contributed by atoms with E-state index in [1.165, 1.54) is 6.07 Å². The van der Waals surface area contributed by atoms with Gasteiger partial charge in [0.1, 0.15) is 17.5 Å². The van der Waals surface area contributed by atoms with Gasteiger partial charge in [-0.15, -0.1) is 0 Å². The van der Waals surface area contributed by atoms with Crippen molar-refractivity contribution in [1.29, 1.82) is 0 Å². The molecular formula is C13H9ClN2O5. The highest BCUT2D eigenvalue weighted by molar-refractivity contribution is 6.30. The van der Waals surface area contributed by atoms with E-state index >= 15 is 0 Å². The summed E-state index contributed by atoms with van der Waals surface area (Å²) in [5.74, 6) is -1.29. The van der Waals surface area contributed by atoms with Gasteiger partial charge in [0.25, 0.3) is 5.69 Å². The van der Waals surface area contributed by atoms with Crippen LogP contribution in [0, 0.1) is 17.0 Å². The molecule has 1 N–H and O–H groups in total. The van der Waals surface area contributed by atoms with Gasteiger partial charge in [-0.2, -0.15) is 0 Å². The number of carboxylic acid groups (broad SMARTS) is 1. The van der Waals surface area contributed by atoms with Crippen molar-refractivity contribution in [2.24, 2.45) is 0 Å². The summed E-state index contributed by atoms with van der Waals surface area (Å²) in [6.45, 7) is 1.75. The molecule has 2 rings (SSSR count). The number of nitro groups is 1. The third-order valence-electron chi connectivity index (χ3n) is 2.63. The highest BCUT2D eigenvalue weighted by atomic mass is 35.5. The maximum atomic E-state index is 11.2. The average molecular weight is 309 g/mol. The van der Waals surface area contributed by atoms with Crippen LogP contribution in [0.2, 0.25) is 5.02 Å². The fourth-order valence-corrected chi connectivity index (χ4v) is 1.73. The van der Waals surface area contributed by atoms with Crippen LogP contribution in [0.3, 0.4) is 0 Å². The summed E-state index contributed by atoms with van der Waals surface area (Å²) in [6.07, 6.45) is 0.932. The Labute approximate surface area is 123 Å². The van der Waals surface area contributed by atoms with Crippen molar-refractivity contribution >= 4 is 23.3 Å². The molecule has 0 saturated heterocycles. The van der Waals surface area contributed by atoms with E-state index in [9.17, 15) is 14.9 Å². The van der Waals surface area contributed by atoms with Crippen molar-refractivity contribution < 1.29 is 19.6 Å². The molecule has 1 aromatic heterocycles. The van der Waals surface area contributed by atoms with Gasteiger partial charge in [0.2, 0.25) is 5.88 Å². The first-order valence-corrected chi connectivity index (χ1v) is 6.08. The first-order valence-electron chi connectivity index (χ1n) is 5.70. The number of carboxylic acids is 1. The Hall–Kier alpha value is -2.67. The molecule has 0 fully saturated rings. The summed E-state index contributed by atoms with van der Waals surface area (Å²) in [4.78, 5) is 24.8. The largest absolute Gasteiger partial charge is 0.477 e. The van der Waals surface area contributed by atoms with Gasteiger partial charge in [0.15, 0.2) is 0 Å². The van der Waals surface area contributed by atoms with Crippen molar-refractivity contribution in [2.45, 2.75) is 6.92 Å². The maximum Gasteiger partial charge on any atom is 0.341 e. The molecule has 0 aliphatic heterocycles. The molecule has 1 heterocycles. The number of benzene rings is 1. The molecule has 8 heteroatoms. The molecule has 1 aromatic carbocycles. The molecule has 2 aromatic rings. The minimum Gasteiger partial charge on any atom is -0.477 e. The number of aromatic carboxylic acids is 1. The summed E-state index contributed by atoms with van der Waals surface area (Å²) >= 11 is 5.85. The minimum absolute atomic E-state index is 0.238. The number of aromatic nitrogens is 1. The zero-order valence-electron chi connectivity index (χ0n) is 10.7. The molecule has 0 aliphatic rings. The Kier molecular flexibility index (Phi) is 4.04. The van der Waals surface area contributed by atoms with Crippen LogP contribution in [-0.4, -0.2) is 21.0 Å². The summed E-state index contributed by atoms with van der Waals surface area (Å²) in [5.41, 5.74) is -0.109. The van der Waals surface area contributed by atoms with Crippen molar-refractivity contribution in [3.05, 3.63) is 56.7 Å². The monoisotopic (exact) mass is 308 g/mol. The SMILES string of the molecule is Cc1ccc(Cl)cc1Oc1ncc([N+](=O)[O-])cc1C(=O)O. The van der Waals surface area contributed by atoms with E-state index < -0.39 is 22.1 Å². The third-order valence-corrected chi connectivity index (χ3v) is 2.87. The molecule has 0 unspecified atom stereocenters. The van der Waals surface area contributed by atoms with Crippen LogP contribution in [0.5, 0.6) is 11.6 Å². The molecule has 0 saturated carbocycles. The number of nitrogens with zero attached hydrogens (tertiary/aromatic N) is 2. The lowest BCUT2D eigenvalue weighted by Gasteiger charge is -2.10. The van der Waals surface area contributed by atoms with Gasteiger partial charge in [-0.1, -0.05) is 17.7 Å². The van der Waals surface area contributed by atoms with Crippen molar-refractivity contribution in [1.82, 2.24) is 4.98 Å². The number of rotatable bonds is 4. The Morgan fingerprint density at radius 3 is 2.76 bits per heavy atom. The standard InChI is InChI=1S/C13H9ClN2O5/c1-7-2-3-8(14)4-11(7)21-12-10(13(17)18)5-9(6-15-12)16(19)20/h2-6H,1H3,(H,17,18). The number of hydrogen-bond donors (Lipinski definition) is 1. The Bertz CT molecular complexity index is 732. The van der Waals surface area contributed by atoms with Crippen LogP contribution < -0.4 is 4.74 Å². The number of hydrogen-bond acceptors (Lipinski definition) is 5. The number of carbonyl (C=O) groups is 1. The molecule has 21 heavy (non-hydrogen) atoms. The maximum absolute atomic E-state index is 11.2. The predicted octanol–water partition coefficient (Wildman–Crippen LogP) is 3.44. The molecule has 0 amide bonds. The zero-order valence-corrected chi connectivity index (χ0v) is 11.5. The molecule has 0 radical (unpaired) electrons. The summed E-state index contributed by atoms with van der Waals surface area (Å²) < 4.78 is 5.42. The number of halogens is 1. The van der Waals surface area contributed by atoms with Crippen LogP contribution in [0.1, 0.15) is 15.9 Å². The van der Waals surface area contributed by atoms with Gasteiger partial charge in [-0.3, -0.25) is 10.1 Å². The van der Waals surface area contributed by atoms with Crippen LogP contribution >= 0.6 is 11.6 Å². The fraction of sp³-hybridized carbons (Fsp3) is 0.0769. The van der Waals surface area contributed by atoms with E-state index in [2.05, 4.69) is 4.98 Å². The van der Waals surface area contributed by atoms with Crippen molar-refractivity contribution in [3.8, 4) is 11.6 Å². The second-order valence-corrected chi connectivity index (χ2v) is 4.56. The van der Waals surface area contributed by atoms with Crippen molar-refractivity contribution in [3.63, 3.8) is 0 Å². The highest BCUT2D eigenvalue weighted by Gasteiger charge is 2.19. The second-order valence-electron chi connectivity index (χ2n) is 4.12. The normalized spacial score (nSPS) is 10.2. The van der Waals surface area contributed by atoms with Gasteiger partial charge in [-0.05, 0) is 24.6 Å². The average Bonchev–Trinajstić information content (AvgIpc) is 2.42. The van der Waals surface area contributed by atoms with E-state index in [0.717, 1.165) is 17.8 Å². The topological polar surface area (TPSA) is 103 Å². The lowest BCUT2D eigenvalue weighted by molar-refractivity contribution is -0.385. The molecule has 0 aliphatic carbocycles. The molecule has 0 atom stereocenters. The summed E-state index contributed by atoms with van der Waals surface area (Å²) in [5, 5.41) is 20.2. The quantitative estimate of drug-likeness (QED) is 0.685. The molecule has 0 spiro atoms. The van der Waals surface area contributed by atoms with Gasteiger partial charge in [0.05, 0.1) is 4.92 Å². The smallest absolute Gasteiger partial charge is 0.341 e. The highest BCUT2D eigenvalue weighted by Crippen LogP contribution is 2.30. The molecule has 108 valence electrons. The Morgan fingerprint density at radius 1 is 1.43 bits per heavy atom. The fourth-order valence-electron chi connectivity index (χ4n) is 1.56. The van der Waals surface area contributed by atoms with E-state index in [4.69, 9.17) is 21.4 Å². The number of ether oxygens (including phenoxy) is 1. The summed E-state index contributed by atoms with van der Waals surface area (Å²) in [7, 11) is 0.